The third-order valence-electron chi connectivity index (χ3n) is 4.85. The Morgan fingerprint density at radius 2 is 1.89 bits per heavy atom. The second-order valence-corrected chi connectivity index (χ2v) is 6.58. The summed E-state index contributed by atoms with van der Waals surface area (Å²) in [7, 11) is 0. The molecule has 0 amide bonds. The molecular weight excluding hydrogens is 356 g/mol. The Labute approximate surface area is 159 Å². The molecule has 0 fully saturated rings. The number of hydrogen-bond acceptors (Lipinski definition) is 6. The zero-order valence-electron chi connectivity index (χ0n) is 14.7. The summed E-state index contributed by atoms with van der Waals surface area (Å²) in [6, 6.07) is 14.3. The summed E-state index contributed by atoms with van der Waals surface area (Å²) in [6.07, 6.45) is 3.45. The Morgan fingerprint density at radius 3 is 2.75 bits per heavy atom. The number of fused-ring (bicyclic) bond motifs is 4. The van der Waals surface area contributed by atoms with Crippen molar-refractivity contribution in [2.24, 2.45) is 0 Å². The van der Waals surface area contributed by atoms with Crippen LogP contribution in [0.15, 0.2) is 65.5 Å². The number of nitrogens with one attached hydrogen (secondary N) is 2. The Hall–Kier alpha value is -3.87. The summed E-state index contributed by atoms with van der Waals surface area (Å²) in [5.41, 5.74) is 3.57. The van der Waals surface area contributed by atoms with E-state index in [-0.39, 0.29) is 6.42 Å². The predicted octanol–water partition coefficient (Wildman–Crippen LogP) is 2.63. The molecule has 5 rings (SSSR count). The standard InChI is InChI=1S/C21H16N4O3/c26-21(27)16(9-12-10-22-15-7-3-1-5-13(12)15)25-20-19-18(23-11-24-20)14-6-2-4-8-17(14)28-19/h1-8,10-11,16,22H,9H2,(H,26,27)(H,23,24,25)/p-1/t16-/m0/s1. The van der Waals surface area contributed by atoms with Crippen molar-refractivity contribution < 1.29 is 14.3 Å². The van der Waals surface area contributed by atoms with Crippen molar-refractivity contribution in [2.75, 3.05) is 5.32 Å². The molecule has 0 saturated heterocycles. The molecule has 7 heteroatoms. The molecule has 0 unspecified atom stereocenters. The SMILES string of the molecule is O=C([O-])[C@H](Cc1c[nH]c2ccccc12)Nc1ncnc2c1oc1ccccc12. The average Bonchev–Trinajstić information content (AvgIpc) is 3.29. The number of carbonyl (C=O) groups excluding carboxylic acids is 1. The van der Waals surface area contributed by atoms with Crippen LogP contribution in [0.1, 0.15) is 5.56 Å². The number of benzene rings is 2. The van der Waals surface area contributed by atoms with Crippen molar-refractivity contribution in [1.82, 2.24) is 15.0 Å². The highest BCUT2D eigenvalue weighted by Gasteiger charge is 2.18. The molecule has 0 aliphatic carbocycles. The molecule has 0 radical (unpaired) electrons. The molecule has 0 bridgehead atoms. The lowest BCUT2D eigenvalue weighted by Crippen LogP contribution is -2.42. The molecule has 5 aromatic rings. The molecule has 0 aliphatic rings. The Bertz CT molecular complexity index is 1320. The number of nitrogens with zero attached hydrogens (tertiary/aromatic N) is 2. The van der Waals surface area contributed by atoms with E-state index in [0.29, 0.717) is 22.5 Å². The fraction of sp³-hybridized carbons (Fsp3) is 0.0952. The van der Waals surface area contributed by atoms with E-state index in [1.165, 1.54) is 6.33 Å². The highest BCUT2D eigenvalue weighted by molar-refractivity contribution is 6.05. The average molecular weight is 371 g/mol. The number of rotatable bonds is 5. The molecule has 28 heavy (non-hydrogen) atoms. The minimum absolute atomic E-state index is 0.234. The quantitative estimate of drug-likeness (QED) is 0.492. The van der Waals surface area contributed by atoms with Crippen LogP contribution >= 0.6 is 0 Å². The minimum Gasteiger partial charge on any atom is -0.548 e. The monoisotopic (exact) mass is 371 g/mol. The van der Waals surface area contributed by atoms with Crippen LogP contribution in [0.3, 0.4) is 0 Å². The van der Waals surface area contributed by atoms with Crippen LogP contribution in [0.2, 0.25) is 0 Å². The number of para-hydroxylation sites is 2. The van der Waals surface area contributed by atoms with Crippen molar-refractivity contribution in [3.8, 4) is 0 Å². The number of aromatic amines is 1. The van der Waals surface area contributed by atoms with Crippen LogP contribution in [0.5, 0.6) is 0 Å². The molecular formula is C21H15N4O3-. The van der Waals surface area contributed by atoms with Gasteiger partial charge in [0.2, 0.25) is 0 Å². The van der Waals surface area contributed by atoms with Gasteiger partial charge in [-0.1, -0.05) is 30.3 Å². The van der Waals surface area contributed by atoms with E-state index in [2.05, 4.69) is 20.3 Å². The number of furan rings is 1. The van der Waals surface area contributed by atoms with Gasteiger partial charge in [-0.15, -0.1) is 0 Å². The number of carboxylic acid groups (broad SMARTS) is 1. The van der Waals surface area contributed by atoms with E-state index in [1.807, 2.05) is 54.7 Å². The summed E-state index contributed by atoms with van der Waals surface area (Å²) in [6.45, 7) is 0. The van der Waals surface area contributed by atoms with Crippen LogP contribution in [-0.2, 0) is 11.2 Å². The Morgan fingerprint density at radius 1 is 1.11 bits per heavy atom. The van der Waals surface area contributed by atoms with Gasteiger partial charge >= 0.3 is 0 Å². The van der Waals surface area contributed by atoms with Crippen LogP contribution in [0.25, 0.3) is 33.0 Å². The maximum atomic E-state index is 11.8. The molecule has 7 nitrogen and oxygen atoms in total. The maximum absolute atomic E-state index is 11.8. The molecule has 138 valence electrons. The topological polar surface area (TPSA) is 107 Å². The molecule has 0 saturated carbocycles. The smallest absolute Gasteiger partial charge is 0.196 e. The summed E-state index contributed by atoms with van der Waals surface area (Å²) >= 11 is 0. The third-order valence-corrected chi connectivity index (χ3v) is 4.85. The van der Waals surface area contributed by atoms with E-state index in [1.54, 1.807) is 0 Å². The fourth-order valence-electron chi connectivity index (χ4n) is 3.51. The van der Waals surface area contributed by atoms with Crippen LogP contribution in [-0.4, -0.2) is 27.0 Å². The third kappa shape index (κ3) is 2.64. The number of aromatic nitrogens is 3. The largest absolute Gasteiger partial charge is 0.548 e. The Balaban J connectivity index is 1.53. The van der Waals surface area contributed by atoms with Crippen molar-refractivity contribution in [3.05, 3.63) is 66.6 Å². The summed E-state index contributed by atoms with van der Waals surface area (Å²) < 4.78 is 5.86. The van der Waals surface area contributed by atoms with Gasteiger partial charge in [0.25, 0.3) is 0 Å². The van der Waals surface area contributed by atoms with Gasteiger partial charge in [-0.3, -0.25) is 0 Å². The summed E-state index contributed by atoms with van der Waals surface area (Å²) in [4.78, 5) is 23.5. The van der Waals surface area contributed by atoms with Crippen LogP contribution in [0, 0.1) is 0 Å². The molecule has 3 aromatic heterocycles. The van der Waals surface area contributed by atoms with Crippen molar-refractivity contribution in [1.29, 1.82) is 0 Å². The van der Waals surface area contributed by atoms with Gasteiger partial charge in [-0.25, -0.2) is 9.97 Å². The minimum atomic E-state index is -1.21. The maximum Gasteiger partial charge on any atom is 0.196 e. The normalized spacial score (nSPS) is 12.6. The summed E-state index contributed by atoms with van der Waals surface area (Å²) in [5.74, 6) is -0.886. The summed E-state index contributed by atoms with van der Waals surface area (Å²) in [5, 5.41) is 16.6. The molecule has 0 aliphatic heterocycles. The molecule has 2 N–H and O–H groups in total. The number of hydrogen-bond donors (Lipinski definition) is 2. The van der Waals surface area contributed by atoms with E-state index < -0.39 is 12.0 Å². The van der Waals surface area contributed by atoms with Gasteiger partial charge in [0.15, 0.2) is 11.4 Å². The van der Waals surface area contributed by atoms with Gasteiger partial charge < -0.3 is 24.6 Å². The highest BCUT2D eigenvalue weighted by atomic mass is 16.4. The van der Waals surface area contributed by atoms with Crippen molar-refractivity contribution in [2.45, 2.75) is 12.5 Å². The predicted molar refractivity (Wildman–Crippen MR) is 104 cm³/mol. The van der Waals surface area contributed by atoms with Gasteiger partial charge in [-0.2, -0.15) is 0 Å². The Kier molecular flexibility index (Phi) is 3.72. The van der Waals surface area contributed by atoms with Crippen LogP contribution < -0.4 is 10.4 Å². The number of carboxylic acids is 1. The van der Waals surface area contributed by atoms with Crippen LogP contribution in [0.4, 0.5) is 5.82 Å². The first-order chi connectivity index (χ1) is 13.7. The zero-order valence-corrected chi connectivity index (χ0v) is 14.7. The lowest BCUT2D eigenvalue weighted by molar-refractivity contribution is -0.306. The first-order valence-corrected chi connectivity index (χ1v) is 8.85. The van der Waals surface area contributed by atoms with Crippen molar-refractivity contribution in [3.63, 3.8) is 0 Å². The number of aliphatic carboxylic acids is 1. The zero-order chi connectivity index (χ0) is 19.1. The van der Waals surface area contributed by atoms with E-state index in [9.17, 15) is 9.90 Å². The van der Waals surface area contributed by atoms with E-state index in [4.69, 9.17) is 4.42 Å². The first-order valence-electron chi connectivity index (χ1n) is 8.85. The van der Waals surface area contributed by atoms with Gasteiger partial charge in [0.05, 0.1) is 12.0 Å². The van der Waals surface area contributed by atoms with Gasteiger partial charge in [0, 0.05) is 28.9 Å². The lowest BCUT2D eigenvalue weighted by atomic mass is 10.0. The number of carbonyl (C=O) groups is 1. The first kappa shape index (κ1) is 16.3. The number of H-pyrrole nitrogens is 1. The molecule has 3 heterocycles. The number of anilines is 1. The molecule has 2 aromatic carbocycles. The highest BCUT2D eigenvalue weighted by Crippen LogP contribution is 2.31. The van der Waals surface area contributed by atoms with Crippen molar-refractivity contribution >= 4 is 44.8 Å². The fourth-order valence-corrected chi connectivity index (χ4v) is 3.51. The second kappa shape index (κ2) is 6.38. The van der Waals surface area contributed by atoms with Gasteiger partial charge in [-0.05, 0) is 23.8 Å². The lowest BCUT2D eigenvalue weighted by Gasteiger charge is -2.20. The van der Waals surface area contributed by atoms with E-state index in [0.717, 1.165) is 21.9 Å². The molecule has 0 spiro atoms. The molecule has 1 atom stereocenters. The van der Waals surface area contributed by atoms with E-state index >= 15 is 0 Å². The second-order valence-electron chi connectivity index (χ2n) is 6.58. The van der Waals surface area contributed by atoms with Gasteiger partial charge in [0.1, 0.15) is 17.4 Å².